The zero-order valence-corrected chi connectivity index (χ0v) is 25.1. The van der Waals surface area contributed by atoms with Crippen LogP contribution >= 0.6 is 0 Å². The molecule has 11 nitrogen and oxygen atoms in total. The van der Waals surface area contributed by atoms with Crippen molar-refractivity contribution in [1.29, 1.82) is 0 Å². The first-order chi connectivity index (χ1) is 19.3. The molecule has 3 aromatic rings. The van der Waals surface area contributed by atoms with Gasteiger partial charge in [0.15, 0.2) is 5.89 Å². The average molecular weight is 587 g/mol. The van der Waals surface area contributed by atoms with Crippen molar-refractivity contribution in [2.24, 2.45) is 5.92 Å². The first-order valence-corrected chi connectivity index (χ1v) is 14.7. The van der Waals surface area contributed by atoms with Crippen molar-refractivity contribution >= 4 is 21.8 Å². The molecule has 12 heteroatoms. The number of rotatable bonds is 13. The molecule has 41 heavy (non-hydrogen) atoms. The van der Waals surface area contributed by atoms with E-state index in [1.807, 2.05) is 13.8 Å². The predicted octanol–water partition coefficient (Wildman–Crippen LogP) is 3.74. The smallest absolute Gasteiger partial charge is 0.254 e. The van der Waals surface area contributed by atoms with Gasteiger partial charge in [-0.25, -0.2) is 13.4 Å². The van der Waals surface area contributed by atoms with Gasteiger partial charge in [-0.3, -0.25) is 9.59 Å². The fourth-order valence-electron chi connectivity index (χ4n) is 4.27. The van der Waals surface area contributed by atoms with Crippen LogP contribution in [0.25, 0.3) is 0 Å². The average Bonchev–Trinajstić information content (AvgIpc) is 3.24. The number of benzene rings is 2. The zero-order chi connectivity index (χ0) is 30.3. The number of aromatic hydroxyl groups is 1. The first kappa shape index (κ1) is 31.6. The maximum atomic E-state index is 13.3. The Labute approximate surface area is 241 Å². The number of amides is 2. The van der Waals surface area contributed by atoms with E-state index in [2.05, 4.69) is 10.3 Å². The number of aromatic nitrogens is 1. The number of phenolic OH excluding ortho intramolecular Hbond substituents is 1. The third kappa shape index (κ3) is 8.30. The highest BCUT2D eigenvalue weighted by Crippen LogP contribution is 2.21. The summed E-state index contributed by atoms with van der Waals surface area (Å²) in [5, 5.41) is 13.0. The number of oxazole rings is 1. The molecule has 0 radical (unpaired) electrons. The fraction of sp³-hybridized carbons (Fsp3) is 0.414. The molecule has 0 saturated carbocycles. The summed E-state index contributed by atoms with van der Waals surface area (Å²) in [7, 11) is -0.639. The Morgan fingerprint density at radius 2 is 1.76 bits per heavy atom. The van der Waals surface area contributed by atoms with Crippen molar-refractivity contribution in [2.75, 3.05) is 33.8 Å². The summed E-state index contributed by atoms with van der Waals surface area (Å²) in [6, 6.07) is 10.2. The topological polar surface area (TPSA) is 142 Å². The normalized spacial score (nSPS) is 11.6. The summed E-state index contributed by atoms with van der Waals surface area (Å²) in [4.78, 5) is 31.8. The second-order valence-electron chi connectivity index (χ2n) is 10.2. The van der Waals surface area contributed by atoms with Crippen LogP contribution in [0.2, 0.25) is 0 Å². The molecule has 0 spiro atoms. The van der Waals surface area contributed by atoms with Gasteiger partial charge in [0.05, 0.1) is 18.6 Å². The van der Waals surface area contributed by atoms with Gasteiger partial charge in [-0.15, -0.1) is 0 Å². The van der Waals surface area contributed by atoms with E-state index in [-0.39, 0.29) is 47.3 Å². The molecule has 0 bridgehead atoms. The number of ether oxygens (including phenoxy) is 1. The molecular formula is C29H38N4O7S. The van der Waals surface area contributed by atoms with Gasteiger partial charge in [0.1, 0.15) is 23.0 Å². The summed E-state index contributed by atoms with van der Waals surface area (Å²) in [6.07, 6.45) is 0.359. The minimum atomic E-state index is -3.75. The molecule has 0 unspecified atom stereocenters. The second kappa shape index (κ2) is 13.6. The summed E-state index contributed by atoms with van der Waals surface area (Å²) < 4.78 is 38.5. The molecule has 0 aliphatic heterocycles. The van der Waals surface area contributed by atoms with Gasteiger partial charge in [-0.05, 0) is 61.7 Å². The zero-order valence-electron chi connectivity index (χ0n) is 24.3. The van der Waals surface area contributed by atoms with Crippen LogP contribution in [0.3, 0.4) is 0 Å². The van der Waals surface area contributed by atoms with Crippen LogP contribution < -0.4 is 10.1 Å². The lowest BCUT2D eigenvalue weighted by Gasteiger charge is -2.24. The number of aryl methyl sites for hydroxylation is 2. The van der Waals surface area contributed by atoms with E-state index in [1.54, 1.807) is 33.0 Å². The number of nitrogens with zero attached hydrogens (tertiary/aromatic N) is 3. The molecule has 0 fully saturated rings. The maximum absolute atomic E-state index is 13.3. The van der Waals surface area contributed by atoms with Crippen LogP contribution in [0.15, 0.2) is 51.8 Å². The van der Waals surface area contributed by atoms with Gasteiger partial charge in [0.25, 0.3) is 11.8 Å². The number of phenols is 1. The fourth-order valence-corrected chi connectivity index (χ4v) is 5.92. The Balaban J connectivity index is 1.63. The maximum Gasteiger partial charge on any atom is 0.254 e. The van der Waals surface area contributed by atoms with Crippen LogP contribution in [-0.4, -0.2) is 73.3 Å². The molecule has 222 valence electrons. The number of sulfonamides is 1. The molecule has 2 N–H and O–H groups in total. The molecule has 0 saturated heterocycles. The van der Waals surface area contributed by atoms with E-state index in [0.717, 1.165) is 0 Å². The summed E-state index contributed by atoms with van der Waals surface area (Å²) in [5.74, 6) is 0.651. The summed E-state index contributed by atoms with van der Waals surface area (Å²) in [5.41, 5.74) is 0.876. The minimum absolute atomic E-state index is 0.0937. The predicted molar refractivity (Wildman–Crippen MR) is 153 cm³/mol. The van der Waals surface area contributed by atoms with Crippen molar-refractivity contribution < 1.29 is 32.3 Å². The standard InChI is InChI=1S/C29H38N4O7S/c1-19(2)17-33(41(37,38)26-10-8-25(39-6)9-11-26)13-7-12-30-28(35)22-14-23(16-24(34)15-22)29(36)32(5)18-27-20(3)40-21(4)31-27/h8-11,14-16,19,34H,7,12-13,17-18H2,1-6H3,(H,30,35). The van der Waals surface area contributed by atoms with E-state index in [0.29, 0.717) is 36.1 Å². The van der Waals surface area contributed by atoms with Gasteiger partial charge in [0, 0.05) is 44.7 Å². The van der Waals surface area contributed by atoms with Gasteiger partial charge >= 0.3 is 0 Å². The molecular weight excluding hydrogens is 548 g/mol. The van der Waals surface area contributed by atoms with Crippen LogP contribution in [-0.2, 0) is 16.6 Å². The third-order valence-electron chi connectivity index (χ3n) is 6.30. The summed E-state index contributed by atoms with van der Waals surface area (Å²) in [6.45, 7) is 8.26. The number of methoxy groups -OCH3 is 1. The summed E-state index contributed by atoms with van der Waals surface area (Å²) >= 11 is 0. The molecule has 2 aromatic carbocycles. The van der Waals surface area contributed by atoms with Gasteiger partial charge < -0.3 is 24.5 Å². The van der Waals surface area contributed by atoms with Gasteiger partial charge in [-0.1, -0.05) is 13.8 Å². The Morgan fingerprint density at radius 3 is 2.34 bits per heavy atom. The van der Waals surface area contributed by atoms with Gasteiger partial charge in [0.2, 0.25) is 10.0 Å². The Morgan fingerprint density at radius 1 is 1.10 bits per heavy atom. The number of nitrogens with one attached hydrogen (secondary N) is 1. The quantitative estimate of drug-likeness (QED) is 0.289. The molecule has 1 aromatic heterocycles. The Kier molecular flexibility index (Phi) is 10.5. The molecule has 0 aliphatic rings. The van der Waals surface area contributed by atoms with Crippen LogP contribution in [0, 0.1) is 19.8 Å². The minimum Gasteiger partial charge on any atom is -0.508 e. The van der Waals surface area contributed by atoms with Crippen molar-refractivity contribution in [1.82, 2.24) is 19.5 Å². The number of carbonyl (C=O) groups is 2. The Hall–Kier alpha value is -3.90. The van der Waals surface area contributed by atoms with Crippen molar-refractivity contribution in [3.63, 3.8) is 0 Å². The van der Waals surface area contributed by atoms with Crippen LogP contribution in [0.1, 0.15) is 58.3 Å². The monoisotopic (exact) mass is 586 g/mol. The largest absolute Gasteiger partial charge is 0.508 e. The van der Waals surface area contributed by atoms with E-state index < -0.39 is 21.8 Å². The highest BCUT2D eigenvalue weighted by Gasteiger charge is 2.25. The van der Waals surface area contributed by atoms with E-state index in [4.69, 9.17) is 9.15 Å². The Bertz CT molecular complexity index is 1470. The lowest BCUT2D eigenvalue weighted by molar-refractivity contribution is 0.0782. The van der Waals surface area contributed by atoms with Crippen molar-refractivity contribution in [3.05, 3.63) is 70.9 Å². The third-order valence-corrected chi connectivity index (χ3v) is 8.18. The number of hydrogen-bond acceptors (Lipinski definition) is 8. The molecule has 2 amide bonds. The highest BCUT2D eigenvalue weighted by atomic mass is 32.2. The van der Waals surface area contributed by atoms with Crippen LogP contribution in [0.5, 0.6) is 11.5 Å². The SMILES string of the molecule is COc1ccc(S(=O)(=O)N(CCCNC(=O)c2cc(O)cc(C(=O)N(C)Cc3nc(C)oc3C)c2)CC(C)C)cc1. The van der Waals surface area contributed by atoms with E-state index in [1.165, 1.54) is 46.6 Å². The molecule has 1 heterocycles. The van der Waals surface area contributed by atoms with Crippen molar-refractivity contribution in [2.45, 2.75) is 45.6 Å². The lowest BCUT2D eigenvalue weighted by atomic mass is 10.1. The number of carbonyl (C=O) groups excluding carboxylic acids is 2. The molecule has 3 rings (SSSR count). The highest BCUT2D eigenvalue weighted by molar-refractivity contribution is 7.89. The first-order valence-electron chi connectivity index (χ1n) is 13.3. The molecule has 0 aliphatic carbocycles. The van der Waals surface area contributed by atoms with E-state index >= 15 is 0 Å². The lowest BCUT2D eigenvalue weighted by Crippen LogP contribution is -2.36. The number of hydrogen-bond donors (Lipinski definition) is 2. The molecule has 0 atom stereocenters. The van der Waals surface area contributed by atoms with Gasteiger partial charge in [-0.2, -0.15) is 4.31 Å². The van der Waals surface area contributed by atoms with Crippen LogP contribution in [0.4, 0.5) is 0 Å². The second-order valence-corrected chi connectivity index (χ2v) is 12.1. The van der Waals surface area contributed by atoms with Crippen molar-refractivity contribution in [3.8, 4) is 11.5 Å². The van der Waals surface area contributed by atoms with E-state index in [9.17, 15) is 23.1 Å².